The molecule has 1 unspecified atom stereocenters. The van der Waals surface area contributed by atoms with Crippen molar-refractivity contribution in [2.75, 3.05) is 17.8 Å². The van der Waals surface area contributed by atoms with Gasteiger partial charge in [0.2, 0.25) is 0 Å². The quantitative estimate of drug-likeness (QED) is 0.574. The van der Waals surface area contributed by atoms with Crippen LogP contribution in [0.1, 0.15) is 20.3 Å². The van der Waals surface area contributed by atoms with E-state index in [0.717, 1.165) is 6.26 Å². The third kappa shape index (κ3) is 3.86. The molecular formula is C6H16O4S3. The Morgan fingerprint density at radius 3 is 1.77 bits per heavy atom. The van der Waals surface area contributed by atoms with Gasteiger partial charge in [0.05, 0.1) is 5.75 Å². The van der Waals surface area contributed by atoms with Crippen molar-refractivity contribution in [2.24, 2.45) is 0 Å². The van der Waals surface area contributed by atoms with E-state index >= 15 is 0 Å². The lowest BCUT2D eigenvalue weighted by Crippen LogP contribution is -2.13. The van der Waals surface area contributed by atoms with Gasteiger partial charge in [-0.25, -0.2) is 16.8 Å². The summed E-state index contributed by atoms with van der Waals surface area (Å²) in [7, 11) is -8.72. The van der Waals surface area contributed by atoms with Crippen molar-refractivity contribution >= 4 is 26.7 Å². The molecule has 0 fully saturated rings. The van der Waals surface area contributed by atoms with Gasteiger partial charge in [-0.05, 0) is 15.4 Å². The Morgan fingerprint density at radius 2 is 1.54 bits per heavy atom. The van der Waals surface area contributed by atoms with Crippen LogP contribution in [0.2, 0.25) is 0 Å². The van der Waals surface area contributed by atoms with Crippen LogP contribution in [-0.2, 0) is 17.7 Å². The molecule has 0 amide bonds. The van der Waals surface area contributed by atoms with Gasteiger partial charge in [0, 0.05) is 12.0 Å². The molecule has 0 aromatic heterocycles. The van der Waals surface area contributed by atoms with E-state index in [1.165, 1.54) is 6.92 Å². The molecule has 0 aliphatic rings. The van der Waals surface area contributed by atoms with Crippen LogP contribution in [0.25, 0.3) is 0 Å². The summed E-state index contributed by atoms with van der Waals surface area (Å²) in [6, 6.07) is 0. The monoisotopic (exact) mass is 248 g/mol. The summed E-state index contributed by atoms with van der Waals surface area (Å²) in [5.74, 6) is 0.163. The SMILES string of the molecule is CCC[SH](S(C)(=O)=O)S(=O)(=O)CC. The minimum absolute atomic E-state index is 0.0915. The predicted octanol–water partition coefficient (Wildman–Crippen LogP) is 0.707. The number of hydrogen-bond acceptors (Lipinski definition) is 4. The van der Waals surface area contributed by atoms with Gasteiger partial charge in [-0.15, -0.1) is 0 Å². The molecule has 0 rings (SSSR count). The standard InChI is InChI=1S/C6H16O4S3/c1-4-6-11(12(3,7)8)13(9,10)5-2/h11H,4-6H2,1-3H3. The van der Waals surface area contributed by atoms with Crippen molar-refractivity contribution in [3.8, 4) is 0 Å². The predicted molar refractivity (Wildman–Crippen MR) is 58.4 cm³/mol. The summed E-state index contributed by atoms with van der Waals surface area (Å²) >= 11 is 0. The maximum Gasteiger partial charge on any atom is 0.194 e. The molecule has 0 heterocycles. The van der Waals surface area contributed by atoms with Crippen LogP contribution in [-0.4, -0.2) is 34.6 Å². The van der Waals surface area contributed by atoms with Gasteiger partial charge >= 0.3 is 0 Å². The highest BCUT2D eigenvalue weighted by molar-refractivity contribution is 9.12. The average molecular weight is 248 g/mol. The number of rotatable bonds is 5. The molecule has 0 aliphatic carbocycles. The summed E-state index contributed by atoms with van der Waals surface area (Å²) in [6.45, 7) is 3.26. The van der Waals surface area contributed by atoms with E-state index in [1.54, 1.807) is 6.92 Å². The molecule has 4 nitrogen and oxygen atoms in total. The van der Waals surface area contributed by atoms with E-state index in [9.17, 15) is 16.8 Å². The Kier molecular flexibility index (Phi) is 4.74. The van der Waals surface area contributed by atoms with Gasteiger partial charge in [-0.1, -0.05) is 13.8 Å². The topological polar surface area (TPSA) is 68.3 Å². The normalized spacial score (nSPS) is 17.0. The van der Waals surface area contributed by atoms with Crippen molar-refractivity contribution in [3.63, 3.8) is 0 Å². The van der Waals surface area contributed by atoms with Crippen LogP contribution in [0, 0.1) is 0 Å². The summed E-state index contributed by atoms with van der Waals surface area (Å²) < 4.78 is 45.1. The second-order valence-corrected chi connectivity index (χ2v) is 14.0. The number of thiol groups is 1. The van der Waals surface area contributed by atoms with Gasteiger partial charge in [0.15, 0.2) is 17.7 Å². The fraction of sp³-hybridized carbons (Fsp3) is 1.00. The van der Waals surface area contributed by atoms with Crippen LogP contribution in [0.15, 0.2) is 0 Å². The summed E-state index contributed by atoms with van der Waals surface area (Å²) in [6.07, 6.45) is 1.58. The van der Waals surface area contributed by atoms with E-state index in [0.29, 0.717) is 6.42 Å². The summed E-state index contributed by atoms with van der Waals surface area (Å²) in [5.41, 5.74) is 0. The molecular weight excluding hydrogens is 232 g/mol. The Balaban J connectivity index is 5.07. The molecule has 1 atom stereocenters. The first-order valence-corrected chi connectivity index (χ1v) is 10.2. The van der Waals surface area contributed by atoms with Crippen molar-refractivity contribution in [2.45, 2.75) is 20.3 Å². The zero-order chi connectivity index (χ0) is 10.7. The Labute approximate surface area is 81.7 Å². The zero-order valence-electron chi connectivity index (χ0n) is 8.02. The van der Waals surface area contributed by atoms with Crippen molar-refractivity contribution < 1.29 is 16.8 Å². The molecule has 0 bridgehead atoms. The second-order valence-electron chi connectivity index (χ2n) is 2.66. The minimum Gasteiger partial charge on any atom is -0.219 e. The van der Waals surface area contributed by atoms with Crippen LogP contribution in [0.5, 0.6) is 0 Å². The second kappa shape index (κ2) is 4.65. The van der Waals surface area contributed by atoms with Crippen LogP contribution in [0.3, 0.4) is 0 Å². The highest BCUT2D eigenvalue weighted by Gasteiger charge is 2.27. The van der Waals surface area contributed by atoms with Gasteiger partial charge in [0.1, 0.15) is 0 Å². The van der Waals surface area contributed by atoms with Crippen LogP contribution in [0.4, 0.5) is 0 Å². The molecule has 0 N–H and O–H groups in total. The van der Waals surface area contributed by atoms with Crippen molar-refractivity contribution in [3.05, 3.63) is 0 Å². The number of hydrogen-bond donors (Lipinski definition) is 1. The maximum absolute atomic E-state index is 11.4. The largest absolute Gasteiger partial charge is 0.219 e. The lowest BCUT2D eigenvalue weighted by Gasteiger charge is -2.17. The third-order valence-corrected chi connectivity index (χ3v) is 14.8. The molecule has 13 heavy (non-hydrogen) atoms. The molecule has 0 radical (unpaired) electrons. The van der Waals surface area contributed by atoms with Gasteiger partial charge < -0.3 is 0 Å². The van der Waals surface area contributed by atoms with Gasteiger partial charge in [-0.3, -0.25) is 0 Å². The molecule has 0 spiro atoms. The fourth-order valence-corrected chi connectivity index (χ4v) is 12.2. The third-order valence-electron chi connectivity index (χ3n) is 1.45. The molecule has 0 aliphatic heterocycles. The molecule has 0 saturated heterocycles. The Hall–Kier alpha value is 0.250. The van der Waals surface area contributed by atoms with Crippen molar-refractivity contribution in [1.29, 1.82) is 0 Å². The highest BCUT2D eigenvalue weighted by Crippen LogP contribution is 2.40. The highest BCUT2D eigenvalue weighted by atomic mass is 33.6. The Bertz CT molecular complexity index is 340. The lowest BCUT2D eigenvalue weighted by molar-refractivity contribution is 0.610. The fourth-order valence-electron chi connectivity index (χ4n) is 0.838. The van der Waals surface area contributed by atoms with Crippen molar-refractivity contribution in [1.82, 2.24) is 0 Å². The molecule has 82 valence electrons. The molecule has 0 saturated carbocycles. The van der Waals surface area contributed by atoms with E-state index in [1.807, 2.05) is 0 Å². The van der Waals surface area contributed by atoms with E-state index in [4.69, 9.17) is 0 Å². The minimum atomic E-state index is -3.42. The van der Waals surface area contributed by atoms with E-state index < -0.39 is 26.7 Å². The molecule has 0 aromatic rings. The zero-order valence-corrected chi connectivity index (χ0v) is 10.5. The van der Waals surface area contributed by atoms with Crippen LogP contribution >= 0.6 is 8.96 Å². The Morgan fingerprint density at radius 1 is 1.08 bits per heavy atom. The summed E-state index contributed by atoms with van der Waals surface area (Å²) in [5, 5.41) is 0. The van der Waals surface area contributed by atoms with E-state index in [-0.39, 0.29) is 11.5 Å². The van der Waals surface area contributed by atoms with E-state index in [2.05, 4.69) is 0 Å². The first-order valence-electron chi connectivity index (χ1n) is 3.96. The maximum atomic E-state index is 11.4. The summed E-state index contributed by atoms with van der Waals surface area (Å²) in [4.78, 5) is 0. The van der Waals surface area contributed by atoms with Gasteiger partial charge in [0.25, 0.3) is 0 Å². The molecule has 7 heteroatoms. The van der Waals surface area contributed by atoms with Crippen LogP contribution < -0.4 is 0 Å². The average Bonchev–Trinajstić information content (AvgIpc) is 1.98. The first-order chi connectivity index (χ1) is 5.75. The van der Waals surface area contributed by atoms with Gasteiger partial charge in [-0.2, -0.15) is 0 Å². The first kappa shape index (κ1) is 13.2. The smallest absolute Gasteiger partial charge is 0.194 e. The molecule has 0 aromatic carbocycles. The lowest BCUT2D eigenvalue weighted by atomic mass is 10.6.